The summed E-state index contributed by atoms with van der Waals surface area (Å²) in [6.07, 6.45) is 15.0. The van der Waals surface area contributed by atoms with Crippen LogP contribution in [0.4, 0.5) is 0 Å². The van der Waals surface area contributed by atoms with Crippen molar-refractivity contribution in [3.63, 3.8) is 0 Å². The van der Waals surface area contributed by atoms with Crippen LogP contribution in [0.15, 0.2) is 23.3 Å². The number of nitrogens with zero attached hydrogens (tertiary/aromatic N) is 1. The van der Waals surface area contributed by atoms with Gasteiger partial charge >= 0.3 is 0 Å². The minimum Gasteiger partial charge on any atom is -0.376 e. The summed E-state index contributed by atoms with van der Waals surface area (Å²) in [5.41, 5.74) is 2.45. The molecule has 26 heavy (non-hydrogen) atoms. The van der Waals surface area contributed by atoms with Crippen LogP contribution in [0.5, 0.6) is 0 Å². The van der Waals surface area contributed by atoms with Crippen LogP contribution < -0.4 is 0 Å². The van der Waals surface area contributed by atoms with Crippen LogP contribution in [0.25, 0.3) is 0 Å². The van der Waals surface area contributed by atoms with E-state index in [0.29, 0.717) is 0 Å². The summed E-state index contributed by atoms with van der Waals surface area (Å²) >= 11 is 0. The maximum atomic E-state index is 10.6. The first kappa shape index (κ1) is 23.0. The smallest absolute Gasteiger partial charge is 0.137 e. The predicted molar refractivity (Wildman–Crippen MR) is 114 cm³/mol. The van der Waals surface area contributed by atoms with Gasteiger partial charge in [0, 0.05) is 12.5 Å². The monoisotopic (exact) mass is 359 g/mol. The largest absolute Gasteiger partial charge is 0.376 e. The van der Waals surface area contributed by atoms with Crippen LogP contribution in [0, 0.1) is 17.8 Å². The fourth-order valence-electron chi connectivity index (χ4n) is 3.37. The Hall–Kier alpha value is -1.04. The van der Waals surface area contributed by atoms with E-state index in [1.165, 1.54) is 56.9 Å². The molecular formula is C24H41NO. The third-order valence-electron chi connectivity index (χ3n) is 5.01. The maximum Gasteiger partial charge on any atom is 0.137 e. The molecule has 0 aromatic carbocycles. The molecule has 1 aliphatic rings. The molecule has 0 aliphatic heterocycles. The lowest BCUT2D eigenvalue weighted by Gasteiger charge is -2.25. The molecule has 1 N–H and O–H groups in total. The molecule has 0 bridgehead atoms. The SMILES string of the molecule is CCCCCCC1=C/C(C)C#CC(O)/C(CN(CCCC)CCCC)=C\1. The summed E-state index contributed by atoms with van der Waals surface area (Å²) in [4.78, 5) is 2.50. The first-order chi connectivity index (χ1) is 12.6. The molecule has 0 aromatic heterocycles. The van der Waals surface area contributed by atoms with E-state index in [-0.39, 0.29) is 5.92 Å². The van der Waals surface area contributed by atoms with Gasteiger partial charge in [0.1, 0.15) is 6.10 Å². The average Bonchev–Trinajstić information content (AvgIpc) is 2.63. The molecule has 0 saturated heterocycles. The second-order valence-corrected chi connectivity index (χ2v) is 7.73. The average molecular weight is 360 g/mol. The minimum atomic E-state index is -0.623. The molecule has 0 amide bonds. The van der Waals surface area contributed by atoms with E-state index in [1.807, 2.05) is 0 Å². The van der Waals surface area contributed by atoms with Gasteiger partial charge in [-0.1, -0.05) is 82.4 Å². The molecular weight excluding hydrogens is 318 g/mol. The third-order valence-corrected chi connectivity index (χ3v) is 5.01. The highest BCUT2D eigenvalue weighted by Gasteiger charge is 2.15. The topological polar surface area (TPSA) is 23.5 Å². The summed E-state index contributed by atoms with van der Waals surface area (Å²) < 4.78 is 0. The van der Waals surface area contributed by atoms with Crippen LogP contribution in [0.2, 0.25) is 0 Å². The van der Waals surface area contributed by atoms with Crippen molar-refractivity contribution < 1.29 is 5.11 Å². The Bertz CT molecular complexity index is 486. The zero-order valence-corrected chi connectivity index (χ0v) is 17.7. The van der Waals surface area contributed by atoms with Crippen molar-refractivity contribution >= 4 is 0 Å². The first-order valence-corrected chi connectivity index (χ1v) is 10.9. The van der Waals surface area contributed by atoms with Gasteiger partial charge in [0.2, 0.25) is 0 Å². The van der Waals surface area contributed by atoms with Crippen molar-refractivity contribution in [2.24, 2.45) is 5.92 Å². The lowest BCUT2D eigenvalue weighted by molar-refractivity contribution is 0.230. The van der Waals surface area contributed by atoms with Gasteiger partial charge in [-0.25, -0.2) is 0 Å². The Labute approximate surface area is 162 Å². The molecule has 1 rings (SSSR count). The zero-order chi connectivity index (χ0) is 19.2. The van der Waals surface area contributed by atoms with Gasteiger partial charge in [0.15, 0.2) is 0 Å². The van der Waals surface area contributed by atoms with Crippen LogP contribution in [0.1, 0.15) is 85.5 Å². The van der Waals surface area contributed by atoms with Crippen LogP contribution in [-0.2, 0) is 0 Å². The molecule has 0 heterocycles. The van der Waals surface area contributed by atoms with Gasteiger partial charge in [0.25, 0.3) is 0 Å². The molecule has 0 radical (unpaired) electrons. The number of aliphatic hydroxyl groups is 1. The molecule has 2 heteroatoms. The Morgan fingerprint density at radius 1 is 0.923 bits per heavy atom. The first-order valence-electron chi connectivity index (χ1n) is 10.9. The highest BCUT2D eigenvalue weighted by Crippen LogP contribution is 2.20. The van der Waals surface area contributed by atoms with Gasteiger partial charge in [-0.2, -0.15) is 0 Å². The normalized spacial score (nSPS) is 24.1. The highest BCUT2D eigenvalue weighted by molar-refractivity contribution is 5.35. The summed E-state index contributed by atoms with van der Waals surface area (Å²) in [5, 5.41) is 10.6. The van der Waals surface area contributed by atoms with E-state index >= 15 is 0 Å². The third kappa shape index (κ3) is 9.60. The number of unbranched alkanes of at least 4 members (excludes halogenated alkanes) is 5. The molecule has 2 nitrogen and oxygen atoms in total. The van der Waals surface area contributed by atoms with Gasteiger partial charge < -0.3 is 5.11 Å². The Balaban J connectivity index is 2.85. The van der Waals surface area contributed by atoms with E-state index in [1.54, 1.807) is 0 Å². The summed E-state index contributed by atoms with van der Waals surface area (Å²) in [5.74, 6) is 6.51. The van der Waals surface area contributed by atoms with Gasteiger partial charge in [0.05, 0.1) is 0 Å². The van der Waals surface area contributed by atoms with Gasteiger partial charge in [-0.05, 0) is 51.3 Å². The van der Waals surface area contributed by atoms with Crippen molar-refractivity contribution in [3.8, 4) is 11.8 Å². The molecule has 0 fully saturated rings. The van der Waals surface area contributed by atoms with Crippen LogP contribution >= 0.6 is 0 Å². The number of hydrogen-bond acceptors (Lipinski definition) is 2. The van der Waals surface area contributed by atoms with Crippen LogP contribution in [-0.4, -0.2) is 35.7 Å². The molecule has 0 saturated carbocycles. The molecule has 0 spiro atoms. The van der Waals surface area contributed by atoms with Gasteiger partial charge in [-0.3, -0.25) is 4.90 Å². The molecule has 2 unspecified atom stereocenters. The van der Waals surface area contributed by atoms with E-state index in [9.17, 15) is 5.11 Å². The second kappa shape index (κ2) is 14.1. The summed E-state index contributed by atoms with van der Waals surface area (Å²) in [6, 6.07) is 0. The summed E-state index contributed by atoms with van der Waals surface area (Å²) in [6.45, 7) is 11.9. The maximum absolute atomic E-state index is 10.6. The molecule has 0 aromatic rings. The van der Waals surface area contributed by atoms with Crippen LogP contribution in [0.3, 0.4) is 0 Å². The Morgan fingerprint density at radius 2 is 1.58 bits per heavy atom. The summed E-state index contributed by atoms with van der Waals surface area (Å²) in [7, 11) is 0. The highest BCUT2D eigenvalue weighted by atomic mass is 16.3. The predicted octanol–water partition coefficient (Wildman–Crippen LogP) is 5.73. The number of rotatable bonds is 13. The van der Waals surface area contributed by atoms with E-state index < -0.39 is 6.10 Å². The Kier molecular flexibility index (Phi) is 12.4. The fourth-order valence-corrected chi connectivity index (χ4v) is 3.37. The molecule has 148 valence electrons. The Morgan fingerprint density at radius 3 is 2.19 bits per heavy atom. The number of allylic oxidation sites excluding steroid dienone is 3. The molecule has 2 atom stereocenters. The lowest BCUT2D eigenvalue weighted by Crippen LogP contribution is -2.31. The molecule has 1 aliphatic carbocycles. The quantitative estimate of drug-likeness (QED) is 0.335. The standard InChI is InChI=1S/C24H41NO/c1-5-8-11-12-13-22-18-21(4)14-15-24(26)23(19-22)20-25(16-9-6-2)17-10-7-3/h18-19,21,24,26H,5-13,16-17,20H2,1-4H3/b22-18-,23-19-. The van der Waals surface area contributed by atoms with Crippen molar-refractivity contribution in [2.45, 2.75) is 91.6 Å². The van der Waals surface area contributed by atoms with E-state index in [0.717, 1.165) is 31.6 Å². The van der Waals surface area contributed by atoms with Crippen molar-refractivity contribution in [1.29, 1.82) is 0 Å². The van der Waals surface area contributed by atoms with E-state index in [2.05, 4.69) is 56.6 Å². The van der Waals surface area contributed by atoms with Crippen molar-refractivity contribution in [3.05, 3.63) is 23.3 Å². The fraction of sp³-hybridized carbons (Fsp3) is 0.750. The van der Waals surface area contributed by atoms with E-state index in [4.69, 9.17) is 0 Å². The number of aliphatic hydroxyl groups excluding tert-OH is 1. The van der Waals surface area contributed by atoms with Crippen molar-refractivity contribution in [1.82, 2.24) is 4.90 Å². The van der Waals surface area contributed by atoms with Gasteiger partial charge in [-0.15, -0.1) is 0 Å². The lowest BCUT2D eigenvalue weighted by atomic mass is 9.95. The number of hydrogen-bond donors (Lipinski definition) is 1. The minimum absolute atomic E-state index is 0.222. The van der Waals surface area contributed by atoms with Crippen molar-refractivity contribution in [2.75, 3.05) is 19.6 Å². The zero-order valence-electron chi connectivity index (χ0n) is 17.7. The second-order valence-electron chi connectivity index (χ2n) is 7.73.